The molecule has 0 radical (unpaired) electrons. The number of amides is 1. The number of hydrogen-bond donors (Lipinski definition) is 1. The van der Waals surface area contributed by atoms with E-state index in [0.29, 0.717) is 35.2 Å². The van der Waals surface area contributed by atoms with Crippen LogP contribution in [0.5, 0.6) is 17.2 Å². The van der Waals surface area contributed by atoms with Gasteiger partial charge in [-0.2, -0.15) is 4.98 Å². The maximum Gasteiger partial charge on any atom is 0.258 e. The van der Waals surface area contributed by atoms with Crippen LogP contribution in [0.25, 0.3) is 16.2 Å². The van der Waals surface area contributed by atoms with E-state index in [-0.39, 0.29) is 11.9 Å². The van der Waals surface area contributed by atoms with Gasteiger partial charge in [-0.15, -0.1) is 16.4 Å². The highest BCUT2D eigenvalue weighted by molar-refractivity contribution is 7.15. The summed E-state index contributed by atoms with van der Waals surface area (Å²) < 4.78 is 18.5. The van der Waals surface area contributed by atoms with Crippen molar-refractivity contribution in [3.8, 4) is 28.5 Å². The molecule has 0 unspecified atom stereocenters. The van der Waals surface area contributed by atoms with E-state index in [1.165, 1.54) is 11.3 Å². The lowest BCUT2D eigenvalue weighted by molar-refractivity contribution is 0.102. The number of fused-ring (bicyclic) bond motifs is 1. The summed E-state index contributed by atoms with van der Waals surface area (Å²) in [5.74, 6) is 1.84. The minimum absolute atomic E-state index is 0.234. The van der Waals surface area contributed by atoms with E-state index >= 15 is 0 Å². The molecule has 0 spiro atoms. The zero-order chi connectivity index (χ0) is 23.2. The molecule has 4 aromatic rings. The normalized spacial score (nSPS) is 10.9. The van der Waals surface area contributed by atoms with Crippen LogP contribution in [0, 0.1) is 0 Å². The number of carbonyl (C=O) groups is 1. The Kier molecular flexibility index (Phi) is 7.09. The number of anilines is 1. The van der Waals surface area contributed by atoms with E-state index in [0.717, 1.165) is 29.8 Å². The molecular formula is C24H26N4O4S. The third kappa shape index (κ3) is 5.09. The number of thiazole rings is 1. The van der Waals surface area contributed by atoms with Crippen molar-refractivity contribution in [3.63, 3.8) is 0 Å². The molecule has 172 valence electrons. The highest BCUT2D eigenvalue weighted by Gasteiger charge is 2.16. The molecule has 0 bridgehead atoms. The van der Waals surface area contributed by atoms with Gasteiger partial charge in [-0.05, 0) is 43.7 Å². The summed E-state index contributed by atoms with van der Waals surface area (Å²) in [7, 11) is 1.63. The van der Waals surface area contributed by atoms with Crippen molar-refractivity contribution in [2.24, 2.45) is 0 Å². The minimum atomic E-state index is -0.322. The Balaban J connectivity index is 1.54. The van der Waals surface area contributed by atoms with Crippen LogP contribution >= 0.6 is 11.3 Å². The summed E-state index contributed by atoms with van der Waals surface area (Å²) in [5.41, 5.74) is 2.25. The maximum absolute atomic E-state index is 12.9. The Bertz CT molecular complexity index is 1250. The van der Waals surface area contributed by atoms with E-state index in [9.17, 15) is 4.79 Å². The highest BCUT2D eigenvalue weighted by Crippen LogP contribution is 2.30. The summed E-state index contributed by atoms with van der Waals surface area (Å²) >= 11 is 1.45. The van der Waals surface area contributed by atoms with Crippen molar-refractivity contribution in [1.82, 2.24) is 14.6 Å². The lowest BCUT2D eigenvalue weighted by Crippen LogP contribution is -2.13. The fraction of sp³-hybridized carbons (Fsp3) is 0.292. The maximum atomic E-state index is 12.9. The van der Waals surface area contributed by atoms with Gasteiger partial charge in [0.05, 0.1) is 26.0 Å². The Morgan fingerprint density at radius 1 is 1.12 bits per heavy atom. The van der Waals surface area contributed by atoms with Gasteiger partial charge in [-0.3, -0.25) is 10.1 Å². The van der Waals surface area contributed by atoms with Crippen LogP contribution in [0.2, 0.25) is 0 Å². The summed E-state index contributed by atoms with van der Waals surface area (Å²) in [6, 6.07) is 12.9. The second-order valence-electron chi connectivity index (χ2n) is 7.23. The number of nitrogens with one attached hydrogen (secondary N) is 1. The van der Waals surface area contributed by atoms with Gasteiger partial charge in [0.15, 0.2) is 11.5 Å². The molecule has 2 heterocycles. The molecule has 2 aromatic carbocycles. The number of rotatable bonds is 10. The van der Waals surface area contributed by atoms with Crippen LogP contribution in [0.1, 0.15) is 37.0 Å². The SMILES string of the molecule is CCCCOc1ccc(C(=O)Nc2nc3scc(-c4cccc(OC)c4)n3n2)cc1OCC. The average Bonchev–Trinajstić information content (AvgIpc) is 3.40. The Morgan fingerprint density at radius 2 is 2.00 bits per heavy atom. The molecule has 0 atom stereocenters. The van der Waals surface area contributed by atoms with Crippen molar-refractivity contribution in [2.75, 3.05) is 25.6 Å². The molecule has 0 aliphatic carbocycles. The zero-order valence-electron chi connectivity index (χ0n) is 18.8. The first-order valence-electron chi connectivity index (χ1n) is 10.8. The Hall–Kier alpha value is -3.59. The number of nitrogens with zero attached hydrogens (tertiary/aromatic N) is 3. The lowest BCUT2D eigenvalue weighted by Gasteiger charge is -2.13. The topological polar surface area (TPSA) is 87.0 Å². The van der Waals surface area contributed by atoms with Crippen molar-refractivity contribution in [1.29, 1.82) is 0 Å². The van der Waals surface area contributed by atoms with Crippen LogP contribution in [-0.4, -0.2) is 40.8 Å². The number of carbonyl (C=O) groups excluding carboxylic acids is 1. The summed E-state index contributed by atoms with van der Waals surface area (Å²) in [6.45, 7) is 5.08. The molecule has 8 nitrogen and oxygen atoms in total. The summed E-state index contributed by atoms with van der Waals surface area (Å²) in [4.78, 5) is 18.0. The largest absolute Gasteiger partial charge is 0.497 e. The summed E-state index contributed by atoms with van der Waals surface area (Å²) in [6.07, 6.45) is 1.99. The van der Waals surface area contributed by atoms with Crippen LogP contribution in [0.4, 0.5) is 5.95 Å². The summed E-state index contributed by atoms with van der Waals surface area (Å²) in [5, 5.41) is 9.24. The number of aromatic nitrogens is 3. The molecule has 0 saturated heterocycles. The van der Waals surface area contributed by atoms with Crippen molar-refractivity contribution in [3.05, 3.63) is 53.4 Å². The first kappa shape index (κ1) is 22.6. The number of methoxy groups -OCH3 is 1. The molecule has 0 aliphatic rings. The van der Waals surface area contributed by atoms with Gasteiger partial charge < -0.3 is 14.2 Å². The first-order chi connectivity index (χ1) is 16.1. The van der Waals surface area contributed by atoms with E-state index in [1.807, 2.05) is 36.6 Å². The predicted molar refractivity (Wildman–Crippen MR) is 129 cm³/mol. The van der Waals surface area contributed by atoms with Crippen molar-refractivity contribution in [2.45, 2.75) is 26.7 Å². The second kappa shape index (κ2) is 10.4. The predicted octanol–water partition coefficient (Wildman–Crippen LogP) is 5.30. The standard InChI is InChI=1S/C24H26N4O4S/c1-4-6-12-32-20-11-10-17(14-21(20)31-5-2)22(29)25-23-26-24-28(27-23)19(15-33-24)16-8-7-9-18(13-16)30-3/h7-11,13-15H,4-6,12H2,1-3H3,(H,25,27,29). The molecule has 4 rings (SSSR count). The van der Waals surface area contributed by atoms with Crippen molar-refractivity contribution >= 4 is 28.2 Å². The fourth-order valence-electron chi connectivity index (χ4n) is 3.25. The van der Waals surface area contributed by atoms with E-state index in [4.69, 9.17) is 14.2 Å². The quantitative estimate of drug-likeness (QED) is 0.319. The zero-order valence-corrected chi connectivity index (χ0v) is 19.6. The second-order valence-corrected chi connectivity index (χ2v) is 8.07. The van der Waals surface area contributed by atoms with Crippen LogP contribution in [0.3, 0.4) is 0 Å². The Morgan fingerprint density at radius 3 is 2.79 bits per heavy atom. The third-order valence-corrected chi connectivity index (χ3v) is 5.75. The van der Waals surface area contributed by atoms with Crippen molar-refractivity contribution < 1.29 is 19.0 Å². The van der Waals surface area contributed by atoms with Gasteiger partial charge in [0.1, 0.15) is 5.75 Å². The molecule has 33 heavy (non-hydrogen) atoms. The lowest BCUT2D eigenvalue weighted by atomic mass is 10.2. The monoisotopic (exact) mass is 466 g/mol. The number of ether oxygens (including phenoxy) is 3. The van der Waals surface area contributed by atoms with E-state index < -0.39 is 0 Å². The molecule has 0 saturated carbocycles. The first-order valence-corrected chi connectivity index (χ1v) is 11.7. The Labute approximate surface area is 196 Å². The van der Waals surface area contributed by atoms with Crippen LogP contribution in [0.15, 0.2) is 47.8 Å². The van der Waals surface area contributed by atoms with Gasteiger partial charge >= 0.3 is 0 Å². The van der Waals surface area contributed by atoms with Gasteiger partial charge in [-0.25, -0.2) is 4.52 Å². The number of benzene rings is 2. The van der Waals surface area contributed by atoms with Gasteiger partial charge in [-0.1, -0.05) is 25.5 Å². The molecule has 0 aliphatic heterocycles. The molecule has 9 heteroatoms. The molecule has 1 N–H and O–H groups in total. The van der Waals surface area contributed by atoms with Gasteiger partial charge in [0.2, 0.25) is 4.96 Å². The van der Waals surface area contributed by atoms with Crippen LogP contribution in [-0.2, 0) is 0 Å². The number of unbranched alkanes of at least 4 members (excludes halogenated alkanes) is 1. The highest BCUT2D eigenvalue weighted by atomic mass is 32.1. The molecule has 1 amide bonds. The fourth-order valence-corrected chi connectivity index (χ4v) is 4.08. The number of hydrogen-bond acceptors (Lipinski definition) is 7. The van der Waals surface area contributed by atoms with Gasteiger partial charge in [0.25, 0.3) is 11.9 Å². The average molecular weight is 467 g/mol. The third-order valence-electron chi connectivity index (χ3n) is 4.93. The molecule has 2 aromatic heterocycles. The smallest absolute Gasteiger partial charge is 0.258 e. The minimum Gasteiger partial charge on any atom is -0.497 e. The van der Waals surface area contributed by atoms with E-state index in [1.54, 1.807) is 29.8 Å². The van der Waals surface area contributed by atoms with Crippen LogP contribution < -0.4 is 19.5 Å². The van der Waals surface area contributed by atoms with E-state index in [2.05, 4.69) is 22.3 Å². The van der Waals surface area contributed by atoms with Gasteiger partial charge in [0, 0.05) is 16.5 Å². The molecular weight excluding hydrogens is 440 g/mol. The molecule has 0 fully saturated rings.